The summed E-state index contributed by atoms with van der Waals surface area (Å²) in [5, 5.41) is 6.51. The van der Waals surface area contributed by atoms with E-state index in [-0.39, 0.29) is 28.4 Å². The first-order valence-corrected chi connectivity index (χ1v) is 7.55. The Bertz CT molecular complexity index is 1050. The Balaban J connectivity index is 2.08. The van der Waals surface area contributed by atoms with E-state index in [0.29, 0.717) is 0 Å². The van der Waals surface area contributed by atoms with Gasteiger partial charge in [0.1, 0.15) is 5.82 Å². The van der Waals surface area contributed by atoms with Crippen molar-refractivity contribution in [3.8, 4) is 11.3 Å². The molecular weight excluding hydrogens is 361 g/mol. The Morgan fingerprint density at radius 1 is 1.26 bits per heavy atom. The van der Waals surface area contributed by atoms with Crippen LogP contribution in [0.4, 0.5) is 13.2 Å². The van der Waals surface area contributed by atoms with Crippen LogP contribution >= 0.6 is 0 Å². The van der Waals surface area contributed by atoms with Gasteiger partial charge in [-0.05, 0) is 24.9 Å². The molecule has 0 unspecified atom stereocenters. The van der Waals surface area contributed by atoms with Crippen LogP contribution < -0.4 is 11.1 Å². The normalized spacial score (nSPS) is 12.2. The zero-order valence-corrected chi connectivity index (χ0v) is 13.7. The number of fused-ring (bicyclic) bond motifs is 1. The molecule has 0 spiro atoms. The highest BCUT2D eigenvalue weighted by atomic mass is 19.4. The number of nitrogens with two attached hydrogens (primary N) is 1. The van der Waals surface area contributed by atoms with E-state index in [1.54, 1.807) is 0 Å². The smallest absolute Gasteiger partial charge is 0.384 e. The lowest BCUT2D eigenvalue weighted by Crippen LogP contribution is -2.28. The highest BCUT2D eigenvalue weighted by Crippen LogP contribution is 2.36. The number of hydrogen-bond acceptors (Lipinski definition) is 5. The maximum absolute atomic E-state index is 13.3. The minimum atomic E-state index is -4.54. The molecule has 0 aliphatic heterocycles. The van der Waals surface area contributed by atoms with Gasteiger partial charge in [0.2, 0.25) is 0 Å². The summed E-state index contributed by atoms with van der Waals surface area (Å²) in [6.45, 7) is 3.21. The molecule has 7 nitrogen and oxygen atoms in total. The summed E-state index contributed by atoms with van der Waals surface area (Å²) < 4.78 is 40.9. The number of carbonyl (C=O) groups excluding carboxylic acids is 1. The molecule has 138 valence electrons. The van der Waals surface area contributed by atoms with Crippen molar-refractivity contribution in [3.63, 3.8) is 0 Å². The van der Waals surface area contributed by atoms with Crippen molar-refractivity contribution in [3.05, 3.63) is 65.9 Å². The summed E-state index contributed by atoms with van der Waals surface area (Å²) in [4.78, 5) is 19.7. The third kappa shape index (κ3) is 3.64. The van der Waals surface area contributed by atoms with Crippen LogP contribution in [0.15, 0.2) is 59.6 Å². The summed E-state index contributed by atoms with van der Waals surface area (Å²) >= 11 is 0. The zero-order chi connectivity index (χ0) is 19.6. The van der Waals surface area contributed by atoms with Gasteiger partial charge >= 0.3 is 6.18 Å². The number of aliphatic imine (C=N–C) groups is 1. The third-order valence-corrected chi connectivity index (χ3v) is 3.59. The molecule has 2 aromatic heterocycles. The van der Waals surface area contributed by atoms with E-state index in [1.807, 2.05) is 0 Å². The van der Waals surface area contributed by atoms with Crippen molar-refractivity contribution >= 4 is 18.3 Å². The molecule has 0 aliphatic rings. The van der Waals surface area contributed by atoms with Crippen LogP contribution in [-0.4, -0.2) is 27.2 Å². The number of nitrogens with zero attached hydrogens (tertiary/aromatic N) is 4. The lowest BCUT2D eigenvalue weighted by molar-refractivity contribution is -0.137. The van der Waals surface area contributed by atoms with Gasteiger partial charge in [0.15, 0.2) is 11.3 Å². The van der Waals surface area contributed by atoms with Gasteiger partial charge in [-0.1, -0.05) is 18.2 Å². The van der Waals surface area contributed by atoms with Crippen molar-refractivity contribution in [2.24, 2.45) is 10.7 Å². The molecule has 0 saturated heterocycles. The molecule has 0 atom stereocenters. The van der Waals surface area contributed by atoms with E-state index in [9.17, 15) is 18.0 Å². The predicted octanol–water partition coefficient (Wildman–Crippen LogP) is 2.60. The second-order valence-corrected chi connectivity index (χ2v) is 5.40. The van der Waals surface area contributed by atoms with Gasteiger partial charge in [-0.3, -0.25) is 9.79 Å². The second kappa shape index (κ2) is 6.90. The molecule has 3 rings (SSSR count). The van der Waals surface area contributed by atoms with Gasteiger partial charge < -0.3 is 11.1 Å². The number of carbonyl (C=O) groups is 1. The van der Waals surface area contributed by atoms with Gasteiger partial charge in [0.25, 0.3) is 5.91 Å². The fourth-order valence-corrected chi connectivity index (χ4v) is 2.45. The molecular formula is C17H13F3N6O. The van der Waals surface area contributed by atoms with Gasteiger partial charge in [-0.15, -0.1) is 0 Å². The number of aromatic nitrogens is 3. The topological polar surface area (TPSA) is 97.7 Å². The van der Waals surface area contributed by atoms with Crippen molar-refractivity contribution in [2.45, 2.75) is 6.18 Å². The van der Waals surface area contributed by atoms with E-state index in [2.05, 4.69) is 27.1 Å². The molecule has 3 aromatic rings. The first kappa shape index (κ1) is 18.1. The summed E-state index contributed by atoms with van der Waals surface area (Å²) in [6, 6.07) is 7.93. The summed E-state index contributed by atoms with van der Waals surface area (Å²) in [6.07, 6.45) is -2.16. The van der Waals surface area contributed by atoms with Crippen LogP contribution in [-0.2, 0) is 6.18 Å². The number of amides is 1. The van der Waals surface area contributed by atoms with Crippen molar-refractivity contribution in [2.75, 3.05) is 0 Å². The number of imidazole rings is 1. The molecule has 1 amide bonds. The molecule has 0 bridgehead atoms. The Kier molecular flexibility index (Phi) is 4.63. The molecule has 0 fully saturated rings. The average molecular weight is 374 g/mol. The Morgan fingerprint density at radius 2 is 2.00 bits per heavy atom. The van der Waals surface area contributed by atoms with Gasteiger partial charge in [-0.25, -0.2) is 9.50 Å². The Labute approximate surface area is 151 Å². The first-order chi connectivity index (χ1) is 12.8. The number of halogens is 3. The van der Waals surface area contributed by atoms with Crippen LogP contribution in [0.5, 0.6) is 0 Å². The van der Waals surface area contributed by atoms with Crippen molar-refractivity contribution in [1.29, 1.82) is 0 Å². The highest BCUT2D eigenvalue weighted by Gasteiger charge is 2.33. The van der Waals surface area contributed by atoms with Gasteiger partial charge in [0, 0.05) is 5.56 Å². The van der Waals surface area contributed by atoms with Crippen LogP contribution in [0.3, 0.4) is 0 Å². The number of rotatable bonds is 4. The second-order valence-electron chi connectivity index (χ2n) is 5.40. The third-order valence-electron chi connectivity index (χ3n) is 3.59. The van der Waals surface area contributed by atoms with E-state index < -0.39 is 17.6 Å². The Morgan fingerprint density at radius 3 is 2.70 bits per heavy atom. The lowest BCUT2D eigenvalue weighted by Gasteiger charge is -2.12. The quantitative estimate of drug-likeness (QED) is 0.686. The van der Waals surface area contributed by atoms with Crippen molar-refractivity contribution < 1.29 is 18.0 Å². The van der Waals surface area contributed by atoms with E-state index >= 15 is 0 Å². The van der Waals surface area contributed by atoms with Gasteiger partial charge in [-0.2, -0.15) is 18.3 Å². The minimum absolute atomic E-state index is 0.00301. The number of benzene rings is 1. The summed E-state index contributed by atoms with van der Waals surface area (Å²) in [5.41, 5.74) is 4.94. The maximum Gasteiger partial charge on any atom is 0.417 e. The predicted molar refractivity (Wildman–Crippen MR) is 92.7 cm³/mol. The summed E-state index contributed by atoms with van der Waals surface area (Å²) in [7, 11) is 0. The fraction of sp³-hybridized carbons (Fsp3) is 0.0588. The molecule has 27 heavy (non-hydrogen) atoms. The molecule has 3 N–H and O–H groups in total. The van der Waals surface area contributed by atoms with Crippen LogP contribution in [0.1, 0.15) is 16.1 Å². The number of nitrogens with one attached hydrogen (secondary N) is 1. The first-order valence-electron chi connectivity index (χ1n) is 7.55. The largest absolute Gasteiger partial charge is 0.417 e. The molecule has 0 aliphatic carbocycles. The Hall–Kier alpha value is -3.69. The monoisotopic (exact) mass is 374 g/mol. The average Bonchev–Trinajstić information content (AvgIpc) is 3.04. The van der Waals surface area contributed by atoms with E-state index in [1.165, 1.54) is 36.5 Å². The highest BCUT2D eigenvalue weighted by molar-refractivity contribution is 5.94. The standard InChI is InChI=1S/C17H13F3N6O/c1-22-9-14(21)24-16(27)13-8-23-15-7-6-12(25-26(13)15)10-4-2-3-5-11(10)17(18,19)20/h2-9H,1,21H2,(H,24,27)/b14-9+. The van der Waals surface area contributed by atoms with Crippen LogP contribution in [0.25, 0.3) is 16.9 Å². The molecule has 0 saturated carbocycles. The van der Waals surface area contributed by atoms with Crippen LogP contribution in [0, 0.1) is 0 Å². The van der Waals surface area contributed by atoms with Crippen LogP contribution in [0.2, 0.25) is 0 Å². The van der Waals surface area contributed by atoms with Crippen molar-refractivity contribution in [1.82, 2.24) is 19.9 Å². The zero-order valence-electron chi connectivity index (χ0n) is 13.7. The SMILES string of the molecule is C=N/C=C(\N)NC(=O)c1cnc2ccc(-c3ccccc3C(F)(F)F)nn12. The molecule has 1 aromatic carbocycles. The number of alkyl halides is 3. The maximum atomic E-state index is 13.3. The lowest BCUT2D eigenvalue weighted by atomic mass is 10.0. The van der Waals surface area contributed by atoms with E-state index in [0.717, 1.165) is 16.8 Å². The molecule has 2 heterocycles. The van der Waals surface area contributed by atoms with E-state index in [4.69, 9.17) is 5.73 Å². The number of hydrogen-bond donors (Lipinski definition) is 2. The minimum Gasteiger partial charge on any atom is -0.384 e. The molecule has 10 heteroatoms. The molecule has 0 radical (unpaired) electrons. The van der Waals surface area contributed by atoms with Gasteiger partial charge in [0.05, 0.1) is 23.7 Å². The fourth-order valence-electron chi connectivity index (χ4n) is 2.45. The summed E-state index contributed by atoms with van der Waals surface area (Å²) in [5.74, 6) is -0.697.